The van der Waals surface area contributed by atoms with Crippen LogP contribution in [0.25, 0.3) is 0 Å². The van der Waals surface area contributed by atoms with E-state index in [-0.39, 0.29) is 17.9 Å². The molecule has 4 rings (SSSR count). The van der Waals surface area contributed by atoms with Gasteiger partial charge in [0.1, 0.15) is 5.75 Å². The highest BCUT2D eigenvalue weighted by atomic mass is 32.1. The molecule has 30 heavy (non-hydrogen) atoms. The molecular formula is C24H21NO4S. The number of aryl methyl sites for hydroxylation is 1. The molecule has 0 bridgehead atoms. The number of hydrogen-bond acceptors (Lipinski definition) is 5. The average Bonchev–Trinajstić information content (AvgIpc) is 3.37. The normalized spacial score (nSPS) is 16.3. The molecule has 152 valence electrons. The van der Waals surface area contributed by atoms with Gasteiger partial charge in [0.25, 0.3) is 5.91 Å². The molecule has 0 fully saturated rings. The number of nitrogens with zero attached hydrogens (tertiary/aromatic N) is 1. The Kier molecular flexibility index (Phi) is 5.42. The summed E-state index contributed by atoms with van der Waals surface area (Å²) in [5.74, 6) is -0.738. The monoisotopic (exact) mass is 419 g/mol. The third kappa shape index (κ3) is 3.50. The van der Waals surface area contributed by atoms with Crippen LogP contribution in [0.15, 0.2) is 77.4 Å². The molecule has 1 N–H and O–H groups in total. The average molecular weight is 420 g/mol. The minimum Gasteiger partial charge on any atom is -0.503 e. The van der Waals surface area contributed by atoms with Gasteiger partial charge in [-0.05, 0) is 30.0 Å². The van der Waals surface area contributed by atoms with Crippen molar-refractivity contribution < 1.29 is 19.4 Å². The summed E-state index contributed by atoms with van der Waals surface area (Å²) in [5, 5.41) is 12.5. The highest BCUT2D eigenvalue weighted by molar-refractivity contribution is 7.12. The number of hydrogen-bond donors (Lipinski definition) is 1. The molecule has 3 aromatic rings. The SMILES string of the molecule is COc1ccccc1CN1C(=O)C(O)=C(C(=O)c2cccs2)C1c1cccc(C)c1. The van der Waals surface area contributed by atoms with Gasteiger partial charge >= 0.3 is 0 Å². The zero-order chi connectivity index (χ0) is 21.3. The second-order valence-corrected chi connectivity index (χ2v) is 8.08. The molecule has 0 saturated carbocycles. The van der Waals surface area contributed by atoms with Crippen molar-refractivity contribution >= 4 is 23.0 Å². The smallest absolute Gasteiger partial charge is 0.290 e. The first-order chi connectivity index (χ1) is 14.5. The zero-order valence-corrected chi connectivity index (χ0v) is 17.5. The molecule has 0 aliphatic carbocycles. The van der Waals surface area contributed by atoms with Gasteiger partial charge in [0, 0.05) is 5.56 Å². The van der Waals surface area contributed by atoms with Crippen LogP contribution in [-0.2, 0) is 11.3 Å². The molecule has 5 nitrogen and oxygen atoms in total. The number of methoxy groups -OCH3 is 1. The summed E-state index contributed by atoms with van der Waals surface area (Å²) in [6, 6.07) is 17.9. The van der Waals surface area contributed by atoms with Gasteiger partial charge in [0.2, 0.25) is 5.78 Å². The van der Waals surface area contributed by atoms with Crippen LogP contribution in [0.2, 0.25) is 0 Å². The lowest BCUT2D eigenvalue weighted by atomic mass is 9.94. The largest absolute Gasteiger partial charge is 0.503 e. The molecule has 1 unspecified atom stereocenters. The van der Waals surface area contributed by atoms with E-state index < -0.39 is 17.7 Å². The standard InChI is InChI=1S/C24H21NO4S/c1-15-7-5-9-16(13-15)21-20(22(26)19-11-6-12-30-19)23(27)24(28)25(21)14-17-8-3-4-10-18(17)29-2/h3-13,21,27H,14H2,1-2H3. The van der Waals surface area contributed by atoms with E-state index in [1.54, 1.807) is 24.6 Å². The first-order valence-corrected chi connectivity index (χ1v) is 10.4. The maximum absolute atomic E-state index is 13.2. The van der Waals surface area contributed by atoms with Crippen LogP contribution in [0.1, 0.15) is 32.4 Å². The Labute approximate surface area is 178 Å². The van der Waals surface area contributed by atoms with E-state index in [0.717, 1.165) is 16.7 Å². The molecule has 1 aromatic heterocycles. The highest BCUT2D eigenvalue weighted by Gasteiger charge is 2.44. The van der Waals surface area contributed by atoms with Crippen LogP contribution in [0.5, 0.6) is 5.75 Å². The molecule has 1 aliphatic heterocycles. The van der Waals surface area contributed by atoms with E-state index in [2.05, 4.69) is 0 Å². The number of aliphatic hydroxyl groups is 1. The summed E-state index contributed by atoms with van der Waals surface area (Å²) < 4.78 is 5.43. The fourth-order valence-corrected chi connectivity index (χ4v) is 4.47. The van der Waals surface area contributed by atoms with Crippen molar-refractivity contribution in [1.29, 1.82) is 0 Å². The third-order valence-electron chi connectivity index (χ3n) is 5.18. The fraction of sp³-hybridized carbons (Fsp3) is 0.167. The van der Waals surface area contributed by atoms with E-state index in [9.17, 15) is 14.7 Å². The van der Waals surface area contributed by atoms with Crippen molar-refractivity contribution in [2.75, 3.05) is 7.11 Å². The Bertz CT molecular complexity index is 1130. The maximum atomic E-state index is 13.2. The lowest BCUT2D eigenvalue weighted by Crippen LogP contribution is -2.30. The van der Waals surface area contributed by atoms with Gasteiger partial charge < -0.3 is 14.7 Å². The summed E-state index contributed by atoms with van der Waals surface area (Å²) in [6.45, 7) is 2.15. The van der Waals surface area contributed by atoms with Crippen molar-refractivity contribution in [3.05, 3.63) is 98.9 Å². The summed E-state index contributed by atoms with van der Waals surface area (Å²) in [4.78, 5) is 28.4. The number of ether oxygens (including phenoxy) is 1. The molecule has 0 radical (unpaired) electrons. The summed E-state index contributed by atoms with van der Waals surface area (Å²) in [5.41, 5.74) is 2.69. The molecule has 2 aromatic carbocycles. The van der Waals surface area contributed by atoms with Crippen LogP contribution in [-0.4, -0.2) is 28.8 Å². The number of carbonyl (C=O) groups is 2. The molecule has 1 amide bonds. The summed E-state index contributed by atoms with van der Waals surface area (Å²) in [7, 11) is 1.57. The molecule has 6 heteroatoms. The van der Waals surface area contributed by atoms with E-state index in [1.165, 1.54) is 16.2 Å². The minimum absolute atomic E-state index is 0.114. The third-order valence-corrected chi connectivity index (χ3v) is 6.05. The van der Waals surface area contributed by atoms with Crippen molar-refractivity contribution in [2.24, 2.45) is 0 Å². The van der Waals surface area contributed by atoms with Crippen LogP contribution < -0.4 is 4.74 Å². The van der Waals surface area contributed by atoms with Gasteiger partial charge in [0.05, 0.1) is 30.1 Å². The lowest BCUT2D eigenvalue weighted by molar-refractivity contribution is -0.130. The van der Waals surface area contributed by atoms with Gasteiger partial charge in [-0.15, -0.1) is 11.3 Å². The Balaban J connectivity index is 1.82. The number of para-hydroxylation sites is 1. The van der Waals surface area contributed by atoms with Crippen molar-refractivity contribution in [3.8, 4) is 5.75 Å². The number of Topliss-reactive ketones (excluding diaryl/α,β-unsaturated/α-hetero) is 1. The number of amides is 1. The van der Waals surface area contributed by atoms with E-state index >= 15 is 0 Å². The zero-order valence-electron chi connectivity index (χ0n) is 16.7. The molecule has 2 heterocycles. The van der Waals surface area contributed by atoms with Crippen LogP contribution in [0.3, 0.4) is 0 Å². The van der Waals surface area contributed by atoms with E-state index in [4.69, 9.17) is 4.74 Å². The maximum Gasteiger partial charge on any atom is 0.290 e. The lowest BCUT2D eigenvalue weighted by Gasteiger charge is -2.27. The Morgan fingerprint density at radius 3 is 2.63 bits per heavy atom. The molecule has 0 spiro atoms. The number of ketones is 1. The second kappa shape index (κ2) is 8.16. The van der Waals surface area contributed by atoms with Crippen LogP contribution in [0, 0.1) is 6.92 Å². The van der Waals surface area contributed by atoms with Gasteiger partial charge in [-0.2, -0.15) is 0 Å². The highest BCUT2D eigenvalue weighted by Crippen LogP contribution is 2.41. The number of thiophene rings is 1. The van der Waals surface area contributed by atoms with E-state index in [0.29, 0.717) is 10.6 Å². The van der Waals surface area contributed by atoms with Gasteiger partial charge in [-0.1, -0.05) is 54.1 Å². The molecule has 0 saturated heterocycles. The number of aliphatic hydroxyl groups excluding tert-OH is 1. The Hall–Kier alpha value is -3.38. The number of benzene rings is 2. The Morgan fingerprint density at radius 1 is 1.13 bits per heavy atom. The van der Waals surface area contributed by atoms with Crippen molar-refractivity contribution in [1.82, 2.24) is 4.90 Å². The molecular weight excluding hydrogens is 398 g/mol. The van der Waals surface area contributed by atoms with E-state index in [1.807, 2.05) is 55.5 Å². The number of carbonyl (C=O) groups excluding carboxylic acids is 2. The predicted molar refractivity (Wildman–Crippen MR) is 116 cm³/mol. The van der Waals surface area contributed by atoms with Crippen molar-refractivity contribution in [2.45, 2.75) is 19.5 Å². The molecule has 1 aliphatic rings. The minimum atomic E-state index is -0.683. The fourth-order valence-electron chi connectivity index (χ4n) is 3.79. The summed E-state index contributed by atoms with van der Waals surface area (Å²) >= 11 is 1.29. The van der Waals surface area contributed by atoms with Crippen molar-refractivity contribution in [3.63, 3.8) is 0 Å². The number of rotatable bonds is 6. The topological polar surface area (TPSA) is 66.8 Å². The van der Waals surface area contributed by atoms with Crippen LogP contribution in [0.4, 0.5) is 0 Å². The van der Waals surface area contributed by atoms with Gasteiger partial charge in [0.15, 0.2) is 5.76 Å². The first kappa shape index (κ1) is 19.9. The second-order valence-electron chi connectivity index (χ2n) is 7.13. The molecule has 1 atom stereocenters. The first-order valence-electron chi connectivity index (χ1n) is 9.52. The predicted octanol–water partition coefficient (Wildman–Crippen LogP) is 4.84. The Morgan fingerprint density at radius 2 is 1.93 bits per heavy atom. The summed E-state index contributed by atoms with van der Waals surface area (Å²) in [6.07, 6.45) is 0. The quantitative estimate of drug-likeness (QED) is 0.581. The van der Waals surface area contributed by atoms with Gasteiger partial charge in [-0.25, -0.2) is 0 Å². The van der Waals surface area contributed by atoms with Gasteiger partial charge in [-0.3, -0.25) is 9.59 Å². The van der Waals surface area contributed by atoms with Crippen LogP contribution >= 0.6 is 11.3 Å².